The van der Waals surface area contributed by atoms with Crippen molar-refractivity contribution in [2.24, 2.45) is 0 Å². The molecule has 1 rings (SSSR count). The number of hydrazine groups is 1. The van der Waals surface area contributed by atoms with Gasteiger partial charge in [0, 0.05) is 19.2 Å². The fourth-order valence-electron chi connectivity index (χ4n) is 1.71. The standard InChI is InChI=1S/C14H21N3O5S/c1-19-6-5-15-14(23)17-16-13(18)9-7-10(20-2)12(22-4)11(8-9)21-3/h7-8H,5-6H2,1-4H3,(H,16,18)(H2,15,17,23). The maximum absolute atomic E-state index is 12.2. The largest absolute Gasteiger partial charge is 0.493 e. The normalized spacial score (nSPS) is 9.74. The predicted octanol–water partition coefficient (Wildman–Crippen LogP) is 0.468. The van der Waals surface area contributed by atoms with E-state index < -0.39 is 5.91 Å². The highest BCUT2D eigenvalue weighted by Gasteiger charge is 2.17. The third-order valence-electron chi connectivity index (χ3n) is 2.81. The zero-order chi connectivity index (χ0) is 17.2. The van der Waals surface area contributed by atoms with Gasteiger partial charge in [0.15, 0.2) is 16.6 Å². The van der Waals surface area contributed by atoms with Gasteiger partial charge in [-0.2, -0.15) is 0 Å². The van der Waals surface area contributed by atoms with Gasteiger partial charge in [0.05, 0.1) is 27.9 Å². The number of methoxy groups -OCH3 is 4. The zero-order valence-corrected chi connectivity index (χ0v) is 14.3. The van der Waals surface area contributed by atoms with Crippen LogP contribution in [0.2, 0.25) is 0 Å². The first kappa shape index (κ1) is 18.8. The van der Waals surface area contributed by atoms with Gasteiger partial charge in [-0.25, -0.2) is 0 Å². The van der Waals surface area contributed by atoms with Crippen LogP contribution in [0.5, 0.6) is 17.2 Å². The zero-order valence-electron chi connectivity index (χ0n) is 13.5. The smallest absolute Gasteiger partial charge is 0.269 e. The average Bonchev–Trinajstić information content (AvgIpc) is 2.58. The SMILES string of the molecule is COCCNC(=S)NNC(=O)c1cc(OC)c(OC)c(OC)c1. The van der Waals surface area contributed by atoms with Crippen molar-refractivity contribution < 1.29 is 23.7 Å². The summed E-state index contributed by atoms with van der Waals surface area (Å²) < 4.78 is 20.5. The summed E-state index contributed by atoms with van der Waals surface area (Å²) in [6.07, 6.45) is 0. The molecular formula is C14H21N3O5S. The maximum atomic E-state index is 12.2. The number of benzene rings is 1. The Bertz CT molecular complexity index is 528. The highest BCUT2D eigenvalue weighted by Crippen LogP contribution is 2.38. The Labute approximate surface area is 140 Å². The van der Waals surface area contributed by atoms with Crippen LogP contribution < -0.4 is 30.4 Å². The number of ether oxygens (including phenoxy) is 4. The van der Waals surface area contributed by atoms with Crippen LogP contribution >= 0.6 is 12.2 Å². The Morgan fingerprint density at radius 2 is 1.65 bits per heavy atom. The molecule has 0 bridgehead atoms. The Morgan fingerprint density at radius 3 is 2.13 bits per heavy atom. The maximum Gasteiger partial charge on any atom is 0.269 e. The van der Waals surface area contributed by atoms with Crippen LogP contribution in [-0.2, 0) is 4.74 Å². The summed E-state index contributed by atoms with van der Waals surface area (Å²) in [7, 11) is 6.04. The second-order valence-electron chi connectivity index (χ2n) is 4.24. The lowest BCUT2D eigenvalue weighted by molar-refractivity contribution is 0.0942. The van der Waals surface area contributed by atoms with Gasteiger partial charge in [-0.1, -0.05) is 0 Å². The molecule has 9 heteroatoms. The van der Waals surface area contributed by atoms with Crippen molar-refractivity contribution in [3.8, 4) is 17.2 Å². The Kier molecular flexibility index (Phi) is 7.92. The van der Waals surface area contributed by atoms with E-state index in [4.69, 9.17) is 31.2 Å². The van der Waals surface area contributed by atoms with Crippen molar-refractivity contribution in [2.75, 3.05) is 41.6 Å². The van der Waals surface area contributed by atoms with E-state index in [-0.39, 0.29) is 5.11 Å². The second kappa shape index (κ2) is 9.70. The fourth-order valence-corrected chi connectivity index (χ4v) is 1.86. The lowest BCUT2D eigenvalue weighted by Crippen LogP contribution is -2.47. The molecular weight excluding hydrogens is 322 g/mol. The van der Waals surface area contributed by atoms with E-state index in [1.807, 2.05) is 0 Å². The number of carbonyl (C=O) groups excluding carboxylic acids is 1. The molecule has 8 nitrogen and oxygen atoms in total. The molecule has 0 atom stereocenters. The molecule has 0 saturated heterocycles. The molecule has 0 spiro atoms. The summed E-state index contributed by atoms with van der Waals surface area (Å²) in [5.41, 5.74) is 5.40. The van der Waals surface area contributed by atoms with Crippen LogP contribution in [0.1, 0.15) is 10.4 Å². The number of carbonyl (C=O) groups is 1. The summed E-state index contributed by atoms with van der Waals surface area (Å²) in [4.78, 5) is 12.2. The minimum Gasteiger partial charge on any atom is -0.493 e. The minimum absolute atomic E-state index is 0.280. The number of hydrogen-bond donors (Lipinski definition) is 3. The molecule has 3 N–H and O–H groups in total. The third-order valence-corrected chi connectivity index (χ3v) is 3.05. The van der Waals surface area contributed by atoms with E-state index in [0.29, 0.717) is 36.0 Å². The van der Waals surface area contributed by atoms with E-state index in [1.54, 1.807) is 19.2 Å². The van der Waals surface area contributed by atoms with Gasteiger partial charge in [-0.3, -0.25) is 15.6 Å². The van der Waals surface area contributed by atoms with Crippen LogP contribution in [0.15, 0.2) is 12.1 Å². The summed E-state index contributed by atoms with van der Waals surface area (Å²) in [6.45, 7) is 1.03. The first-order valence-electron chi connectivity index (χ1n) is 6.70. The van der Waals surface area contributed by atoms with Crippen LogP contribution in [0.4, 0.5) is 0 Å². The molecule has 0 heterocycles. The number of nitrogens with one attached hydrogen (secondary N) is 3. The van der Waals surface area contributed by atoms with E-state index in [9.17, 15) is 4.79 Å². The number of thiocarbonyl (C=S) groups is 1. The summed E-state index contributed by atoms with van der Waals surface area (Å²) in [5.74, 6) is 0.784. The van der Waals surface area contributed by atoms with E-state index in [0.717, 1.165) is 0 Å². The number of hydrogen-bond acceptors (Lipinski definition) is 6. The Morgan fingerprint density at radius 1 is 1.04 bits per heavy atom. The van der Waals surface area contributed by atoms with Crippen LogP contribution in [0.3, 0.4) is 0 Å². The first-order chi connectivity index (χ1) is 11.1. The summed E-state index contributed by atoms with van der Waals surface area (Å²) >= 11 is 5.01. The van der Waals surface area contributed by atoms with Gasteiger partial charge < -0.3 is 24.3 Å². The van der Waals surface area contributed by atoms with Gasteiger partial charge in [0.2, 0.25) is 5.75 Å². The van der Waals surface area contributed by atoms with Crippen LogP contribution in [-0.4, -0.2) is 52.6 Å². The molecule has 1 aromatic rings. The fraction of sp³-hybridized carbons (Fsp3) is 0.429. The van der Waals surface area contributed by atoms with Gasteiger partial charge in [-0.15, -0.1) is 0 Å². The monoisotopic (exact) mass is 343 g/mol. The molecule has 0 unspecified atom stereocenters. The van der Waals surface area contributed by atoms with Crippen molar-refractivity contribution in [1.29, 1.82) is 0 Å². The number of rotatable bonds is 7. The number of amides is 1. The minimum atomic E-state index is -0.403. The van der Waals surface area contributed by atoms with E-state index in [2.05, 4.69) is 16.2 Å². The van der Waals surface area contributed by atoms with Crippen molar-refractivity contribution in [2.45, 2.75) is 0 Å². The van der Waals surface area contributed by atoms with Crippen molar-refractivity contribution in [3.63, 3.8) is 0 Å². The second-order valence-corrected chi connectivity index (χ2v) is 4.65. The molecule has 0 saturated carbocycles. The quantitative estimate of drug-likeness (QED) is 0.374. The highest BCUT2D eigenvalue weighted by molar-refractivity contribution is 7.80. The van der Waals surface area contributed by atoms with Crippen molar-refractivity contribution >= 4 is 23.2 Å². The molecule has 0 aliphatic heterocycles. The molecule has 1 aromatic carbocycles. The lowest BCUT2D eigenvalue weighted by Gasteiger charge is -2.15. The Balaban J connectivity index is 2.74. The van der Waals surface area contributed by atoms with Crippen molar-refractivity contribution in [3.05, 3.63) is 17.7 Å². The van der Waals surface area contributed by atoms with Gasteiger partial charge in [0.1, 0.15) is 0 Å². The van der Waals surface area contributed by atoms with E-state index >= 15 is 0 Å². The third kappa shape index (κ3) is 5.46. The van der Waals surface area contributed by atoms with Crippen molar-refractivity contribution in [1.82, 2.24) is 16.2 Å². The molecule has 0 aromatic heterocycles. The van der Waals surface area contributed by atoms with E-state index in [1.165, 1.54) is 21.3 Å². The molecule has 0 fully saturated rings. The lowest BCUT2D eigenvalue weighted by atomic mass is 10.1. The average molecular weight is 343 g/mol. The van der Waals surface area contributed by atoms with Gasteiger partial charge in [0.25, 0.3) is 5.91 Å². The molecule has 0 aliphatic carbocycles. The predicted molar refractivity (Wildman–Crippen MR) is 89.2 cm³/mol. The topological polar surface area (TPSA) is 90.1 Å². The van der Waals surface area contributed by atoms with Gasteiger partial charge >= 0.3 is 0 Å². The molecule has 128 valence electrons. The molecule has 1 amide bonds. The Hall–Kier alpha value is -2.26. The summed E-state index contributed by atoms with van der Waals surface area (Å²) in [6, 6.07) is 3.08. The van der Waals surface area contributed by atoms with Gasteiger partial charge in [-0.05, 0) is 24.4 Å². The molecule has 23 heavy (non-hydrogen) atoms. The summed E-state index contributed by atoms with van der Waals surface area (Å²) in [5, 5.41) is 3.15. The van der Waals surface area contributed by atoms with Crippen LogP contribution in [0, 0.1) is 0 Å². The first-order valence-corrected chi connectivity index (χ1v) is 7.11. The highest BCUT2D eigenvalue weighted by atomic mass is 32.1. The van der Waals surface area contributed by atoms with Crippen LogP contribution in [0.25, 0.3) is 0 Å². The molecule has 0 radical (unpaired) electrons. The molecule has 0 aliphatic rings.